The lowest BCUT2D eigenvalue weighted by Gasteiger charge is -2.40. The molecule has 3 aliphatic rings. The second-order valence-electron chi connectivity index (χ2n) is 8.39. The van der Waals surface area contributed by atoms with E-state index in [4.69, 9.17) is 0 Å². The minimum absolute atomic E-state index is 0.191. The van der Waals surface area contributed by atoms with E-state index in [9.17, 15) is 9.59 Å². The highest BCUT2D eigenvalue weighted by Gasteiger charge is 2.33. The number of para-hydroxylation sites is 1. The first-order chi connectivity index (χ1) is 13.1. The summed E-state index contributed by atoms with van der Waals surface area (Å²) in [6.45, 7) is 3.03. The molecule has 146 valence electrons. The first-order valence-corrected chi connectivity index (χ1v) is 10.5. The maximum absolute atomic E-state index is 13.0. The number of piperidine rings is 1. The number of hydrogen-bond acceptors (Lipinski definition) is 3. The highest BCUT2D eigenvalue weighted by atomic mass is 16.2. The summed E-state index contributed by atoms with van der Waals surface area (Å²) < 4.78 is 0. The van der Waals surface area contributed by atoms with Gasteiger partial charge in [0.15, 0.2) is 0 Å². The fourth-order valence-electron chi connectivity index (χ4n) is 4.68. The molecule has 1 unspecified atom stereocenters. The predicted molar refractivity (Wildman–Crippen MR) is 107 cm³/mol. The molecule has 0 aromatic heterocycles. The van der Waals surface area contributed by atoms with Crippen molar-refractivity contribution in [3.8, 4) is 0 Å². The Morgan fingerprint density at radius 1 is 1.07 bits per heavy atom. The highest BCUT2D eigenvalue weighted by Crippen LogP contribution is 2.30. The van der Waals surface area contributed by atoms with Crippen LogP contribution in [0.1, 0.15) is 44.1 Å². The molecule has 2 fully saturated rings. The molecule has 2 heterocycles. The summed E-state index contributed by atoms with van der Waals surface area (Å²) in [7, 11) is 1.96. The Morgan fingerprint density at radius 2 is 1.89 bits per heavy atom. The van der Waals surface area contributed by atoms with Gasteiger partial charge in [-0.1, -0.05) is 24.6 Å². The van der Waals surface area contributed by atoms with E-state index in [1.165, 1.54) is 12.0 Å². The van der Waals surface area contributed by atoms with Crippen molar-refractivity contribution in [3.63, 3.8) is 0 Å². The quantitative estimate of drug-likeness (QED) is 0.820. The van der Waals surface area contributed by atoms with Crippen LogP contribution in [0, 0.1) is 5.92 Å². The molecule has 0 N–H and O–H groups in total. The van der Waals surface area contributed by atoms with Crippen LogP contribution in [0.2, 0.25) is 0 Å². The lowest BCUT2D eigenvalue weighted by atomic mass is 9.84. The monoisotopic (exact) mass is 369 g/mol. The zero-order valence-corrected chi connectivity index (χ0v) is 16.4. The van der Waals surface area contributed by atoms with Gasteiger partial charge in [0.05, 0.1) is 6.54 Å². The number of nitrogens with zero attached hydrogens (tertiary/aromatic N) is 3. The molecule has 4 rings (SSSR count). The number of likely N-dealkylation sites (tertiary alicyclic amines) is 1. The molecule has 2 aliphatic heterocycles. The first-order valence-electron chi connectivity index (χ1n) is 10.5. The summed E-state index contributed by atoms with van der Waals surface area (Å²) in [5, 5.41) is 0. The second-order valence-corrected chi connectivity index (χ2v) is 8.39. The van der Waals surface area contributed by atoms with E-state index in [0.29, 0.717) is 12.5 Å². The number of benzene rings is 1. The molecule has 0 radical (unpaired) electrons. The fraction of sp³-hybridized carbons (Fsp3) is 0.636. The van der Waals surface area contributed by atoms with E-state index in [0.717, 1.165) is 63.8 Å². The van der Waals surface area contributed by atoms with Gasteiger partial charge in [0.1, 0.15) is 0 Å². The molecule has 5 heteroatoms. The number of likely N-dealkylation sites (N-methyl/N-ethyl adjacent to an activating group) is 1. The van der Waals surface area contributed by atoms with E-state index < -0.39 is 0 Å². The minimum atomic E-state index is 0.191. The van der Waals surface area contributed by atoms with Crippen molar-refractivity contribution in [3.05, 3.63) is 29.8 Å². The van der Waals surface area contributed by atoms with Gasteiger partial charge in [-0.2, -0.15) is 0 Å². The van der Waals surface area contributed by atoms with Crippen LogP contribution in [0.5, 0.6) is 0 Å². The van der Waals surface area contributed by atoms with Crippen LogP contribution in [0.25, 0.3) is 0 Å². The number of amides is 2. The van der Waals surface area contributed by atoms with Crippen LogP contribution in [0.3, 0.4) is 0 Å². The average Bonchev–Trinajstić information content (AvgIpc) is 2.65. The van der Waals surface area contributed by atoms with E-state index in [-0.39, 0.29) is 17.9 Å². The summed E-state index contributed by atoms with van der Waals surface area (Å²) >= 11 is 0. The van der Waals surface area contributed by atoms with Gasteiger partial charge < -0.3 is 9.80 Å². The normalized spacial score (nSPS) is 23.4. The smallest absolute Gasteiger partial charge is 0.241 e. The molecule has 1 saturated carbocycles. The zero-order chi connectivity index (χ0) is 18.8. The number of fused-ring (bicyclic) bond motifs is 1. The summed E-state index contributed by atoms with van der Waals surface area (Å²) in [6.07, 6.45) is 7.47. The van der Waals surface area contributed by atoms with Crippen LogP contribution in [-0.4, -0.2) is 60.9 Å². The first kappa shape index (κ1) is 18.5. The molecule has 1 aromatic carbocycles. The molecule has 1 aliphatic carbocycles. The van der Waals surface area contributed by atoms with Crippen molar-refractivity contribution in [2.75, 3.05) is 38.1 Å². The van der Waals surface area contributed by atoms with Crippen LogP contribution in [0.4, 0.5) is 5.69 Å². The van der Waals surface area contributed by atoms with Gasteiger partial charge in [0.2, 0.25) is 11.8 Å². The molecule has 5 nitrogen and oxygen atoms in total. The number of anilines is 1. The van der Waals surface area contributed by atoms with Gasteiger partial charge in [-0.15, -0.1) is 0 Å². The Kier molecular flexibility index (Phi) is 5.48. The molecule has 1 saturated heterocycles. The molecule has 0 bridgehead atoms. The third-order valence-electron chi connectivity index (χ3n) is 6.60. The Labute approximate surface area is 162 Å². The van der Waals surface area contributed by atoms with Crippen LogP contribution >= 0.6 is 0 Å². The molecule has 1 atom stereocenters. The molecule has 27 heavy (non-hydrogen) atoms. The van der Waals surface area contributed by atoms with Crippen LogP contribution in [0.15, 0.2) is 24.3 Å². The van der Waals surface area contributed by atoms with Crippen molar-refractivity contribution in [2.24, 2.45) is 5.92 Å². The van der Waals surface area contributed by atoms with Crippen molar-refractivity contribution < 1.29 is 9.59 Å². The minimum Gasteiger partial charge on any atom is -0.341 e. The molecule has 2 amide bonds. The highest BCUT2D eigenvalue weighted by molar-refractivity contribution is 5.96. The third kappa shape index (κ3) is 3.88. The zero-order valence-electron chi connectivity index (χ0n) is 16.4. The Balaban J connectivity index is 1.36. The molecule has 1 aromatic rings. The van der Waals surface area contributed by atoms with Crippen LogP contribution < -0.4 is 4.90 Å². The molecule has 0 spiro atoms. The van der Waals surface area contributed by atoms with E-state index in [2.05, 4.69) is 23.1 Å². The lowest BCUT2D eigenvalue weighted by molar-refractivity contribution is -0.140. The standard InChI is InChI=1S/C22H31N3O2/c1-23(22(27)18-8-4-9-18)19-11-6-13-24(15-19)16-21(26)25-14-5-10-17-7-2-3-12-20(17)25/h2-3,7,12,18-19H,4-6,8-11,13-16H2,1H3. The average molecular weight is 370 g/mol. The number of carbonyl (C=O) groups excluding carboxylic acids is 2. The topological polar surface area (TPSA) is 43.9 Å². The van der Waals surface area contributed by atoms with Gasteiger partial charge in [0.25, 0.3) is 0 Å². The van der Waals surface area contributed by atoms with Gasteiger partial charge in [-0.25, -0.2) is 0 Å². The van der Waals surface area contributed by atoms with Crippen molar-refractivity contribution in [2.45, 2.75) is 51.0 Å². The van der Waals surface area contributed by atoms with E-state index in [1.807, 2.05) is 22.9 Å². The predicted octanol–water partition coefficient (Wildman–Crippen LogP) is 2.69. The van der Waals surface area contributed by atoms with Crippen molar-refractivity contribution in [1.82, 2.24) is 9.80 Å². The number of rotatable bonds is 4. The van der Waals surface area contributed by atoms with Gasteiger partial charge >= 0.3 is 0 Å². The lowest BCUT2D eigenvalue weighted by Crippen LogP contribution is -2.53. The summed E-state index contributed by atoms with van der Waals surface area (Å²) in [5.41, 5.74) is 2.36. The van der Waals surface area contributed by atoms with E-state index in [1.54, 1.807) is 0 Å². The maximum Gasteiger partial charge on any atom is 0.241 e. The maximum atomic E-state index is 13.0. The number of carbonyl (C=O) groups is 2. The Hall–Kier alpha value is -1.88. The number of aryl methyl sites for hydroxylation is 1. The van der Waals surface area contributed by atoms with Crippen molar-refractivity contribution in [1.29, 1.82) is 0 Å². The van der Waals surface area contributed by atoms with Gasteiger partial charge in [0, 0.05) is 37.8 Å². The SMILES string of the molecule is CN(C(=O)C1CCC1)C1CCCN(CC(=O)N2CCCc3ccccc32)C1. The fourth-order valence-corrected chi connectivity index (χ4v) is 4.68. The second kappa shape index (κ2) is 8.01. The third-order valence-corrected chi connectivity index (χ3v) is 6.60. The van der Waals surface area contributed by atoms with Gasteiger partial charge in [-0.05, 0) is 56.7 Å². The summed E-state index contributed by atoms with van der Waals surface area (Å²) in [6, 6.07) is 8.51. The largest absolute Gasteiger partial charge is 0.341 e. The van der Waals surface area contributed by atoms with E-state index >= 15 is 0 Å². The summed E-state index contributed by atoms with van der Waals surface area (Å²) in [4.78, 5) is 31.8. The number of hydrogen-bond donors (Lipinski definition) is 0. The Morgan fingerprint density at radius 3 is 2.67 bits per heavy atom. The van der Waals surface area contributed by atoms with Crippen molar-refractivity contribution >= 4 is 17.5 Å². The molecular weight excluding hydrogens is 338 g/mol. The Bertz CT molecular complexity index is 701. The van der Waals surface area contributed by atoms with Gasteiger partial charge in [-0.3, -0.25) is 14.5 Å². The van der Waals surface area contributed by atoms with Crippen LogP contribution in [-0.2, 0) is 16.0 Å². The molecular formula is C22H31N3O2. The summed E-state index contributed by atoms with van der Waals surface area (Å²) in [5.74, 6) is 0.747.